The molecule has 2 bridgehead atoms. The molecule has 0 unspecified atom stereocenters. The number of fused-ring (bicyclic) bond motifs is 5. The number of alkyl carbamates (subject to hydrolysis) is 1. The van der Waals surface area contributed by atoms with Crippen LogP contribution in [0.1, 0.15) is 90.2 Å². The molecule has 4 aliphatic rings. The Bertz CT molecular complexity index is 1980. The highest BCUT2D eigenvalue weighted by Gasteiger charge is 2.78. The molecule has 11 atom stereocenters. The number of hydrogen-bond acceptors (Lipinski definition) is 14. The maximum absolute atomic E-state index is 14.9. The smallest absolute Gasteiger partial charge is 0.408 e. The van der Waals surface area contributed by atoms with Crippen LogP contribution in [0, 0.1) is 16.7 Å². The third kappa shape index (κ3) is 7.10. The Morgan fingerprint density at radius 1 is 0.948 bits per heavy atom. The molecule has 1 aliphatic heterocycles. The average molecular weight is 808 g/mol. The molecule has 15 heteroatoms. The Kier molecular flexibility index (Phi) is 11.2. The Hall–Kier alpha value is -4.67. The van der Waals surface area contributed by atoms with Gasteiger partial charge in [0.05, 0.1) is 35.6 Å². The van der Waals surface area contributed by atoms with Crippen molar-refractivity contribution in [3.63, 3.8) is 0 Å². The molecular weight excluding hydrogens is 754 g/mol. The van der Waals surface area contributed by atoms with Crippen molar-refractivity contribution in [3.05, 3.63) is 82.9 Å². The van der Waals surface area contributed by atoms with Crippen molar-refractivity contribution >= 4 is 29.8 Å². The van der Waals surface area contributed by atoms with Crippen LogP contribution in [0.25, 0.3) is 0 Å². The second kappa shape index (κ2) is 15.2. The van der Waals surface area contributed by atoms with Gasteiger partial charge in [-0.05, 0) is 63.5 Å². The Morgan fingerprint density at radius 3 is 2.10 bits per heavy atom. The van der Waals surface area contributed by atoms with Crippen LogP contribution in [-0.4, -0.2) is 110 Å². The molecule has 6 rings (SSSR count). The van der Waals surface area contributed by atoms with E-state index in [2.05, 4.69) is 5.32 Å². The molecule has 0 spiro atoms. The minimum absolute atomic E-state index is 0.0637. The quantitative estimate of drug-likeness (QED) is 0.147. The van der Waals surface area contributed by atoms with Crippen molar-refractivity contribution < 1.29 is 68.1 Å². The van der Waals surface area contributed by atoms with Crippen molar-refractivity contribution in [2.75, 3.05) is 6.61 Å². The zero-order chi connectivity index (χ0) is 42.7. The zero-order valence-corrected chi connectivity index (χ0v) is 33.9. The van der Waals surface area contributed by atoms with Gasteiger partial charge in [-0.15, -0.1) is 0 Å². The lowest BCUT2D eigenvalue weighted by Gasteiger charge is -2.67. The number of rotatable bonds is 8. The molecule has 5 N–H and O–H groups in total. The minimum Gasteiger partial charge on any atom is -0.456 e. The average Bonchev–Trinajstić information content (AvgIpc) is 3.14. The first-order valence-corrected chi connectivity index (χ1v) is 19.3. The van der Waals surface area contributed by atoms with Gasteiger partial charge in [0.25, 0.3) is 0 Å². The highest BCUT2D eigenvalue weighted by atomic mass is 16.6. The highest BCUT2D eigenvalue weighted by Crippen LogP contribution is 2.64. The van der Waals surface area contributed by atoms with E-state index in [0.717, 1.165) is 6.92 Å². The summed E-state index contributed by atoms with van der Waals surface area (Å²) in [5.74, 6) is -5.36. The second-order valence-corrected chi connectivity index (χ2v) is 17.6. The van der Waals surface area contributed by atoms with Crippen LogP contribution in [0.15, 0.2) is 71.8 Å². The first-order valence-electron chi connectivity index (χ1n) is 19.3. The Balaban J connectivity index is 1.49. The Morgan fingerprint density at radius 2 is 1.55 bits per heavy atom. The number of aliphatic hydroxyl groups excluding tert-OH is 3. The van der Waals surface area contributed by atoms with Crippen molar-refractivity contribution in [3.8, 4) is 0 Å². The first kappa shape index (κ1) is 42.9. The highest BCUT2D eigenvalue weighted by molar-refractivity contribution is 5.94. The van der Waals surface area contributed by atoms with Gasteiger partial charge in [-0.3, -0.25) is 9.59 Å². The number of ether oxygens (including phenoxy) is 5. The molecule has 0 radical (unpaired) electrons. The van der Waals surface area contributed by atoms with Crippen molar-refractivity contribution in [1.29, 1.82) is 0 Å². The lowest BCUT2D eigenvalue weighted by atomic mass is 9.44. The largest absolute Gasteiger partial charge is 0.456 e. The summed E-state index contributed by atoms with van der Waals surface area (Å²) in [6, 6.07) is 14.6. The van der Waals surface area contributed by atoms with E-state index in [4.69, 9.17) is 23.7 Å². The van der Waals surface area contributed by atoms with E-state index in [-0.39, 0.29) is 29.7 Å². The van der Waals surface area contributed by atoms with E-state index >= 15 is 0 Å². The van der Waals surface area contributed by atoms with E-state index in [0.29, 0.717) is 5.56 Å². The number of nitrogens with one attached hydrogen (secondary N) is 1. The number of amides is 1. The maximum atomic E-state index is 14.9. The number of benzene rings is 2. The van der Waals surface area contributed by atoms with Crippen molar-refractivity contribution in [2.24, 2.45) is 16.7 Å². The number of Topliss-reactive ketones (excluding diaryl/α,β-unsaturated/α-hetero) is 1. The minimum atomic E-state index is -2.35. The van der Waals surface area contributed by atoms with E-state index in [1.54, 1.807) is 83.1 Å². The number of carbonyl (C=O) groups excluding carboxylic acids is 5. The van der Waals surface area contributed by atoms with Crippen molar-refractivity contribution in [1.82, 2.24) is 5.32 Å². The molecular formula is C43H53NO14. The standard InChI is InChI=1S/C43H53NO14/c1-22-26(55-37(51)32(48)30(24-15-11-9-12-16-24)44-38(52)58-39(3,4)5)20-43(53)35(56-36(50)25-17-13-10-14-18-25)33-41(8,34(49)31(47)29(22)40(43,6)7)27(46)19-28-42(33,21-54-28)57-23(2)45/h9-18,26-28,30-33,35,46-48,53H,19-21H2,1-8H3,(H,44,52)/t26-,27-,28+,30-,31+,32+,33+,35-,41+,42-,43+/m0/s1. The molecule has 2 aromatic rings. The number of carbonyl (C=O) groups is 5. The summed E-state index contributed by atoms with van der Waals surface area (Å²) in [4.78, 5) is 68.9. The number of ketones is 1. The third-order valence-corrected chi connectivity index (χ3v) is 12.6. The molecule has 1 amide bonds. The summed E-state index contributed by atoms with van der Waals surface area (Å²) in [5.41, 5.74) is -8.14. The molecule has 3 aliphatic carbocycles. The molecule has 15 nitrogen and oxygen atoms in total. The summed E-state index contributed by atoms with van der Waals surface area (Å²) in [6.07, 6.45) is -11.5. The summed E-state index contributed by atoms with van der Waals surface area (Å²) < 4.78 is 29.5. The van der Waals surface area contributed by atoms with Gasteiger partial charge >= 0.3 is 24.0 Å². The molecule has 2 aromatic carbocycles. The Labute approximate surface area is 336 Å². The van der Waals surface area contributed by atoms with Gasteiger partial charge in [0, 0.05) is 25.2 Å². The normalized spacial score (nSPS) is 33.7. The topological polar surface area (TPSA) is 224 Å². The second-order valence-electron chi connectivity index (χ2n) is 17.6. The third-order valence-electron chi connectivity index (χ3n) is 12.6. The van der Waals surface area contributed by atoms with Crippen molar-refractivity contribution in [2.45, 2.75) is 128 Å². The van der Waals surface area contributed by atoms with Crippen LogP contribution in [0.3, 0.4) is 0 Å². The molecule has 314 valence electrons. The summed E-state index contributed by atoms with van der Waals surface area (Å²) >= 11 is 0. The molecule has 3 fully saturated rings. The fourth-order valence-corrected chi connectivity index (χ4v) is 9.56. The fourth-order valence-electron chi connectivity index (χ4n) is 9.56. The van der Waals surface area contributed by atoms with Gasteiger partial charge in [0.2, 0.25) is 0 Å². The number of hydrogen-bond donors (Lipinski definition) is 5. The lowest BCUT2D eigenvalue weighted by Crippen LogP contribution is -2.81. The number of aliphatic hydroxyl groups is 4. The van der Waals surface area contributed by atoms with Crippen LogP contribution < -0.4 is 5.32 Å². The summed E-state index contributed by atoms with van der Waals surface area (Å²) in [5, 5.41) is 51.6. The molecule has 1 heterocycles. The fraction of sp³-hybridized carbons (Fsp3) is 0.558. The van der Waals surface area contributed by atoms with Gasteiger partial charge < -0.3 is 49.4 Å². The monoisotopic (exact) mass is 807 g/mol. The van der Waals surface area contributed by atoms with Crippen LogP contribution >= 0.6 is 0 Å². The predicted octanol–water partition coefficient (Wildman–Crippen LogP) is 3.26. The molecule has 0 aromatic heterocycles. The maximum Gasteiger partial charge on any atom is 0.408 e. The number of esters is 3. The van der Waals surface area contributed by atoms with E-state index in [1.165, 1.54) is 26.0 Å². The van der Waals surface area contributed by atoms with Gasteiger partial charge in [-0.1, -0.05) is 62.4 Å². The van der Waals surface area contributed by atoms with Gasteiger partial charge in [-0.2, -0.15) is 0 Å². The predicted molar refractivity (Wildman–Crippen MR) is 204 cm³/mol. The van der Waals surface area contributed by atoms with E-state index < -0.39 is 112 Å². The lowest BCUT2D eigenvalue weighted by molar-refractivity contribution is -0.346. The molecule has 1 saturated heterocycles. The van der Waals surface area contributed by atoms with Gasteiger partial charge in [0.1, 0.15) is 35.6 Å². The van der Waals surface area contributed by atoms with Crippen LogP contribution in [0.2, 0.25) is 0 Å². The first-order chi connectivity index (χ1) is 27.0. The SMILES string of the molecule is CC(=O)O[C@@]12CO[C@@H]1C[C@H](O)[C@@]1(C)C(=O)[C@H](O)C3=C(C)[C@@H](OC(=O)[C@H](O)[C@@H](NC(=O)OC(C)(C)C)c4ccccc4)C[C@@](O)([C@@H](OC(=O)c4ccccc4)[C@@H]21)C3(C)C. The van der Waals surface area contributed by atoms with Crippen LogP contribution in [0.5, 0.6) is 0 Å². The van der Waals surface area contributed by atoms with E-state index in [1.807, 2.05) is 0 Å². The summed E-state index contributed by atoms with van der Waals surface area (Å²) in [6.45, 7) is 11.8. The van der Waals surface area contributed by atoms with Crippen LogP contribution in [0.4, 0.5) is 4.79 Å². The zero-order valence-electron chi connectivity index (χ0n) is 33.9. The van der Waals surface area contributed by atoms with E-state index in [9.17, 15) is 44.4 Å². The van der Waals surface area contributed by atoms with Crippen LogP contribution in [-0.2, 0) is 38.1 Å². The van der Waals surface area contributed by atoms with Gasteiger partial charge in [0.15, 0.2) is 17.5 Å². The molecule has 2 saturated carbocycles. The van der Waals surface area contributed by atoms with Gasteiger partial charge in [-0.25, -0.2) is 14.4 Å². The summed E-state index contributed by atoms with van der Waals surface area (Å²) in [7, 11) is 0. The molecule has 58 heavy (non-hydrogen) atoms.